The van der Waals surface area contributed by atoms with Crippen molar-refractivity contribution in [3.8, 4) is 17.5 Å². The van der Waals surface area contributed by atoms with Gasteiger partial charge in [-0.15, -0.1) is 0 Å². The van der Waals surface area contributed by atoms with Gasteiger partial charge in [0.25, 0.3) is 5.89 Å². The number of aromatic amines is 1. The van der Waals surface area contributed by atoms with Gasteiger partial charge >= 0.3 is 0 Å². The van der Waals surface area contributed by atoms with Crippen molar-refractivity contribution < 1.29 is 4.52 Å². The highest BCUT2D eigenvalue weighted by atomic mass is 16.5. The highest BCUT2D eigenvalue weighted by molar-refractivity contribution is 5.58. The van der Waals surface area contributed by atoms with E-state index in [4.69, 9.17) is 9.78 Å². The molecule has 1 unspecified atom stereocenters. The van der Waals surface area contributed by atoms with E-state index in [9.17, 15) is 0 Å². The second kappa shape index (κ2) is 5.63. The van der Waals surface area contributed by atoms with Gasteiger partial charge in [-0.05, 0) is 14.1 Å². The Labute approximate surface area is 122 Å². The Balaban J connectivity index is 1.75. The van der Waals surface area contributed by atoms with E-state index >= 15 is 0 Å². The number of hydrogen-bond acceptors (Lipinski definition) is 7. The van der Waals surface area contributed by atoms with Crippen molar-refractivity contribution in [2.45, 2.75) is 12.5 Å². The molecule has 3 rings (SSSR count). The lowest BCUT2D eigenvalue weighted by Gasteiger charge is -2.37. The molecule has 0 aromatic carbocycles. The van der Waals surface area contributed by atoms with Crippen LogP contribution in [0.4, 0.5) is 0 Å². The zero-order valence-electron chi connectivity index (χ0n) is 12.1. The van der Waals surface area contributed by atoms with Gasteiger partial charge in [-0.1, -0.05) is 5.16 Å². The summed E-state index contributed by atoms with van der Waals surface area (Å²) in [5.41, 5.74) is 0.880. The average molecular weight is 287 g/mol. The Morgan fingerprint density at radius 3 is 3.14 bits per heavy atom. The molecule has 1 aliphatic rings. The molecule has 0 bridgehead atoms. The molecule has 1 atom stereocenters. The maximum Gasteiger partial charge on any atom is 0.262 e. The molecule has 8 heteroatoms. The predicted molar refractivity (Wildman–Crippen MR) is 74.2 cm³/mol. The summed E-state index contributed by atoms with van der Waals surface area (Å²) >= 11 is 0. The van der Waals surface area contributed by atoms with Crippen molar-refractivity contribution in [1.29, 1.82) is 5.26 Å². The van der Waals surface area contributed by atoms with Crippen LogP contribution in [0.15, 0.2) is 10.7 Å². The number of piperazine rings is 1. The number of nitrogens with zero attached hydrogens (tertiary/aromatic N) is 6. The van der Waals surface area contributed by atoms with Crippen LogP contribution in [-0.4, -0.2) is 69.9 Å². The number of likely N-dealkylation sites (N-methyl/N-ethyl adjacent to an activating group) is 2. The number of nitriles is 1. The van der Waals surface area contributed by atoms with Crippen LogP contribution >= 0.6 is 0 Å². The van der Waals surface area contributed by atoms with Crippen molar-refractivity contribution in [3.63, 3.8) is 0 Å². The fraction of sp³-hybridized carbons (Fsp3) is 0.538. The molecule has 1 N–H and O–H groups in total. The van der Waals surface area contributed by atoms with Crippen molar-refractivity contribution in [1.82, 2.24) is 30.1 Å². The molecule has 1 fully saturated rings. The summed E-state index contributed by atoms with van der Waals surface area (Å²) in [5.74, 6) is 0.990. The molecule has 2 aromatic heterocycles. The van der Waals surface area contributed by atoms with Gasteiger partial charge in [0.15, 0.2) is 5.82 Å². The first-order valence-electron chi connectivity index (χ1n) is 6.82. The van der Waals surface area contributed by atoms with E-state index in [0.29, 0.717) is 29.0 Å². The molecule has 0 saturated carbocycles. The van der Waals surface area contributed by atoms with Crippen molar-refractivity contribution in [2.75, 3.05) is 33.7 Å². The third kappa shape index (κ3) is 2.79. The van der Waals surface area contributed by atoms with Crippen LogP contribution in [0.2, 0.25) is 0 Å². The lowest BCUT2D eigenvalue weighted by atomic mass is 10.1. The monoisotopic (exact) mass is 287 g/mol. The highest BCUT2D eigenvalue weighted by Gasteiger charge is 2.24. The SMILES string of the molecule is CN1CCN(C)C(Cc2noc(-c3cn[nH]c3C#N)n2)C1. The van der Waals surface area contributed by atoms with Crippen LogP contribution in [0.5, 0.6) is 0 Å². The Kier molecular flexibility index (Phi) is 3.68. The summed E-state index contributed by atoms with van der Waals surface area (Å²) in [6.07, 6.45) is 2.25. The van der Waals surface area contributed by atoms with Crippen LogP contribution in [0.25, 0.3) is 11.5 Å². The first-order valence-corrected chi connectivity index (χ1v) is 6.82. The van der Waals surface area contributed by atoms with Gasteiger partial charge in [0.2, 0.25) is 0 Å². The van der Waals surface area contributed by atoms with Gasteiger partial charge in [0, 0.05) is 32.1 Å². The van der Waals surface area contributed by atoms with Crippen LogP contribution in [-0.2, 0) is 6.42 Å². The van der Waals surface area contributed by atoms with Crippen LogP contribution in [0, 0.1) is 11.3 Å². The normalized spacial score (nSPS) is 20.5. The molecule has 2 aromatic rings. The highest BCUT2D eigenvalue weighted by Crippen LogP contribution is 2.20. The fourth-order valence-corrected chi connectivity index (χ4v) is 2.51. The van der Waals surface area contributed by atoms with Gasteiger partial charge in [-0.25, -0.2) is 0 Å². The second-order valence-corrected chi connectivity index (χ2v) is 5.39. The molecule has 1 aliphatic heterocycles. The Morgan fingerprint density at radius 1 is 1.48 bits per heavy atom. The molecule has 0 spiro atoms. The molecule has 0 aliphatic carbocycles. The van der Waals surface area contributed by atoms with Gasteiger partial charge in [0.05, 0.1) is 11.8 Å². The first kappa shape index (κ1) is 13.7. The van der Waals surface area contributed by atoms with Crippen LogP contribution in [0.1, 0.15) is 11.5 Å². The number of aromatic nitrogens is 4. The van der Waals surface area contributed by atoms with Gasteiger partial charge in [-0.3, -0.25) is 5.10 Å². The third-order valence-electron chi connectivity index (χ3n) is 3.85. The summed E-state index contributed by atoms with van der Waals surface area (Å²) in [6.45, 7) is 3.09. The van der Waals surface area contributed by atoms with E-state index in [1.54, 1.807) is 0 Å². The standard InChI is InChI=1S/C13H17N7O/c1-19-3-4-20(2)9(8-19)5-12-16-13(21-18-12)10-7-15-17-11(10)6-14/h7,9H,3-5,8H2,1-2H3,(H,15,17). The molecule has 21 heavy (non-hydrogen) atoms. The minimum Gasteiger partial charge on any atom is -0.334 e. The number of nitrogens with one attached hydrogen (secondary N) is 1. The maximum atomic E-state index is 8.98. The maximum absolute atomic E-state index is 8.98. The Morgan fingerprint density at radius 2 is 2.33 bits per heavy atom. The zero-order valence-corrected chi connectivity index (χ0v) is 12.1. The van der Waals surface area contributed by atoms with Crippen LogP contribution < -0.4 is 0 Å². The summed E-state index contributed by atoms with van der Waals surface area (Å²) in [6, 6.07) is 2.39. The largest absolute Gasteiger partial charge is 0.334 e. The van der Waals surface area contributed by atoms with E-state index < -0.39 is 0 Å². The van der Waals surface area contributed by atoms with Crippen LogP contribution in [0.3, 0.4) is 0 Å². The van der Waals surface area contributed by atoms with Gasteiger partial charge in [0.1, 0.15) is 11.8 Å². The topological polar surface area (TPSA) is 97.9 Å². The van der Waals surface area contributed by atoms with Gasteiger partial charge in [-0.2, -0.15) is 15.3 Å². The summed E-state index contributed by atoms with van der Waals surface area (Å²) < 4.78 is 5.25. The van der Waals surface area contributed by atoms with Gasteiger partial charge < -0.3 is 14.3 Å². The molecule has 110 valence electrons. The molecular weight excluding hydrogens is 270 g/mol. The molecular formula is C13H17N7O. The van der Waals surface area contributed by atoms with Crippen molar-refractivity contribution >= 4 is 0 Å². The lowest BCUT2D eigenvalue weighted by Crippen LogP contribution is -2.50. The predicted octanol–water partition coefficient (Wildman–Crippen LogP) is 0.120. The summed E-state index contributed by atoms with van der Waals surface area (Å²) in [7, 11) is 4.23. The number of H-pyrrole nitrogens is 1. The average Bonchev–Trinajstić information content (AvgIpc) is 3.10. The Bertz CT molecular complexity index is 656. The number of hydrogen-bond donors (Lipinski definition) is 1. The zero-order chi connectivity index (χ0) is 14.8. The van der Waals surface area contributed by atoms with E-state index in [-0.39, 0.29) is 0 Å². The van der Waals surface area contributed by atoms with E-state index in [1.165, 1.54) is 6.20 Å². The van der Waals surface area contributed by atoms with Crippen molar-refractivity contribution in [3.05, 3.63) is 17.7 Å². The first-order chi connectivity index (χ1) is 10.2. The Hall–Kier alpha value is -2.24. The second-order valence-electron chi connectivity index (χ2n) is 5.39. The van der Waals surface area contributed by atoms with E-state index in [0.717, 1.165) is 26.1 Å². The summed E-state index contributed by atoms with van der Waals surface area (Å²) in [5, 5.41) is 19.4. The number of rotatable bonds is 3. The molecule has 3 heterocycles. The smallest absolute Gasteiger partial charge is 0.262 e. The third-order valence-corrected chi connectivity index (χ3v) is 3.85. The minimum atomic E-state index is 0.333. The van der Waals surface area contributed by atoms with E-state index in [2.05, 4.69) is 44.2 Å². The minimum absolute atomic E-state index is 0.333. The fourth-order valence-electron chi connectivity index (χ4n) is 2.51. The quantitative estimate of drug-likeness (QED) is 0.856. The lowest BCUT2D eigenvalue weighted by molar-refractivity contribution is 0.113. The molecule has 1 saturated heterocycles. The van der Waals surface area contributed by atoms with E-state index in [1.807, 2.05) is 6.07 Å². The molecule has 0 amide bonds. The summed E-state index contributed by atoms with van der Waals surface area (Å²) in [4.78, 5) is 9.00. The molecule has 0 radical (unpaired) electrons. The molecule has 8 nitrogen and oxygen atoms in total. The van der Waals surface area contributed by atoms with Crippen molar-refractivity contribution in [2.24, 2.45) is 0 Å².